The summed E-state index contributed by atoms with van der Waals surface area (Å²) in [6.45, 7) is 2.00. The maximum atomic E-state index is 12.3. The van der Waals surface area contributed by atoms with Crippen molar-refractivity contribution in [2.45, 2.75) is 6.92 Å². The Kier molecular flexibility index (Phi) is 4.10. The number of benzene rings is 1. The minimum atomic E-state index is -0.177. The Bertz CT molecular complexity index is 635. The Morgan fingerprint density at radius 3 is 2.35 bits per heavy atom. The first-order chi connectivity index (χ1) is 9.49. The van der Waals surface area contributed by atoms with Crippen molar-refractivity contribution < 1.29 is 4.79 Å². The van der Waals surface area contributed by atoms with Crippen LogP contribution in [0.1, 0.15) is 21.6 Å². The van der Waals surface area contributed by atoms with Crippen LogP contribution >= 0.6 is 12.2 Å². The normalized spacial score (nSPS) is 10.1. The van der Waals surface area contributed by atoms with Crippen LogP contribution < -0.4 is 10.6 Å². The molecule has 0 saturated carbocycles. The number of hydrogen-bond acceptors (Lipinski definition) is 3. The van der Waals surface area contributed by atoms with Crippen LogP contribution in [0.2, 0.25) is 0 Å². The van der Waals surface area contributed by atoms with E-state index in [0.29, 0.717) is 11.3 Å². The van der Waals surface area contributed by atoms with E-state index in [9.17, 15) is 4.79 Å². The molecular weight excluding hydrogens is 270 g/mol. The van der Waals surface area contributed by atoms with Gasteiger partial charge in [0.1, 0.15) is 10.7 Å². The number of aryl methyl sites for hydroxylation is 1. The molecule has 4 nitrogen and oxygen atoms in total. The fraction of sp³-hybridized carbons (Fsp3) is 0.133. The smallest absolute Gasteiger partial charge is 0.276 e. The van der Waals surface area contributed by atoms with E-state index in [1.165, 1.54) is 6.20 Å². The quantitative estimate of drug-likeness (QED) is 0.879. The van der Waals surface area contributed by atoms with E-state index < -0.39 is 0 Å². The number of rotatable bonds is 3. The number of amides is 1. The van der Waals surface area contributed by atoms with Crippen molar-refractivity contribution >= 4 is 28.8 Å². The van der Waals surface area contributed by atoms with Gasteiger partial charge in [-0.05, 0) is 31.2 Å². The molecule has 5 heteroatoms. The average Bonchev–Trinajstić information content (AvgIpc) is 2.46. The molecule has 2 rings (SSSR count). The Hall–Kier alpha value is -2.27. The Balaban J connectivity index is 2.22. The number of carbonyl (C=O) groups excluding carboxylic acids is 1. The zero-order valence-electron chi connectivity index (χ0n) is 11.3. The standard InChI is InChI=1S/C15H15N3OS/c1-10-3-6-12(7-4-10)18(2)15(19)13-8-5-11(9-17-13)14(16)20/h3-9H,1-2H3,(H2,16,20). The highest BCUT2D eigenvalue weighted by Crippen LogP contribution is 2.15. The highest BCUT2D eigenvalue weighted by molar-refractivity contribution is 7.80. The molecule has 0 fully saturated rings. The van der Waals surface area contributed by atoms with Crippen molar-refractivity contribution in [2.75, 3.05) is 11.9 Å². The number of thiocarbonyl (C=S) groups is 1. The molecule has 0 radical (unpaired) electrons. The van der Waals surface area contributed by atoms with Crippen LogP contribution in [0.3, 0.4) is 0 Å². The highest BCUT2D eigenvalue weighted by Gasteiger charge is 2.14. The summed E-state index contributed by atoms with van der Waals surface area (Å²) < 4.78 is 0. The molecule has 2 N–H and O–H groups in total. The van der Waals surface area contributed by atoms with Gasteiger partial charge in [-0.1, -0.05) is 29.9 Å². The SMILES string of the molecule is Cc1ccc(N(C)C(=O)c2ccc(C(N)=S)cn2)cc1. The second-order valence-electron chi connectivity index (χ2n) is 4.50. The number of carbonyl (C=O) groups is 1. The molecule has 20 heavy (non-hydrogen) atoms. The first kappa shape index (κ1) is 14.1. The summed E-state index contributed by atoms with van der Waals surface area (Å²) in [7, 11) is 1.72. The van der Waals surface area contributed by atoms with E-state index >= 15 is 0 Å². The van der Waals surface area contributed by atoms with Crippen LogP contribution in [0.25, 0.3) is 0 Å². The van der Waals surface area contributed by atoms with Gasteiger partial charge in [0, 0.05) is 24.5 Å². The third kappa shape index (κ3) is 3.00. The van der Waals surface area contributed by atoms with Crippen LogP contribution in [0.15, 0.2) is 42.6 Å². The zero-order chi connectivity index (χ0) is 14.7. The van der Waals surface area contributed by atoms with Gasteiger partial charge in [0.2, 0.25) is 0 Å². The van der Waals surface area contributed by atoms with Crippen LogP contribution in [-0.4, -0.2) is 22.9 Å². The van der Waals surface area contributed by atoms with E-state index in [-0.39, 0.29) is 10.9 Å². The van der Waals surface area contributed by atoms with Crippen LogP contribution in [-0.2, 0) is 0 Å². The summed E-state index contributed by atoms with van der Waals surface area (Å²) >= 11 is 4.85. The van der Waals surface area contributed by atoms with Gasteiger partial charge in [-0.3, -0.25) is 9.78 Å². The number of hydrogen-bond donors (Lipinski definition) is 1. The zero-order valence-corrected chi connectivity index (χ0v) is 12.1. The highest BCUT2D eigenvalue weighted by atomic mass is 32.1. The molecule has 0 aliphatic carbocycles. The van der Waals surface area contributed by atoms with Crippen molar-refractivity contribution in [3.05, 3.63) is 59.4 Å². The third-order valence-electron chi connectivity index (χ3n) is 2.99. The number of nitrogens with two attached hydrogens (primary N) is 1. The van der Waals surface area contributed by atoms with E-state index in [1.54, 1.807) is 24.1 Å². The lowest BCUT2D eigenvalue weighted by Crippen LogP contribution is -2.27. The fourth-order valence-electron chi connectivity index (χ4n) is 1.72. The topological polar surface area (TPSA) is 59.2 Å². The number of anilines is 1. The first-order valence-electron chi connectivity index (χ1n) is 6.09. The van der Waals surface area contributed by atoms with E-state index in [4.69, 9.17) is 18.0 Å². The second kappa shape index (κ2) is 5.79. The second-order valence-corrected chi connectivity index (χ2v) is 4.94. The van der Waals surface area contributed by atoms with E-state index in [1.807, 2.05) is 31.2 Å². The van der Waals surface area contributed by atoms with Gasteiger partial charge in [0.05, 0.1) is 0 Å². The maximum Gasteiger partial charge on any atom is 0.276 e. The van der Waals surface area contributed by atoms with E-state index in [2.05, 4.69) is 4.98 Å². The van der Waals surface area contributed by atoms with Gasteiger partial charge >= 0.3 is 0 Å². The van der Waals surface area contributed by atoms with Crippen molar-refractivity contribution in [3.63, 3.8) is 0 Å². The van der Waals surface area contributed by atoms with Crippen molar-refractivity contribution in [1.82, 2.24) is 4.98 Å². The van der Waals surface area contributed by atoms with Gasteiger partial charge in [-0.25, -0.2) is 0 Å². The summed E-state index contributed by atoms with van der Waals surface area (Å²) in [4.78, 5) is 18.2. The summed E-state index contributed by atoms with van der Waals surface area (Å²) in [6, 6.07) is 11.0. The van der Waals surface area contributed by atoms with Crippen LogP contribution in [0, 0.1) is 6.92 Å². The summed E-state index contributed by atoms with van der Waals surface area (Å²) in [6.07, 6.45) is 1.51. The van der Waals surface area contributed by atoms with Gasteiger partial charge in [0.25, 0.3) is 5.91 Å². The summed E-state index contributed by atoms with van der Waals surface area (Å²) in [5.41, 5.74) is 8.47. The molecule has 0 aliphatic rings. The monoisotopic (exact) mass is 285 g/mol. The molecule has 1 amide bonds. The lowest BCUT2D eigenvalue weighted by atomic mass is 10.2. The summed E-state index contributed by atoms with van der Waals surface area (Å²) in [5, 5.41) is 0. The van der Waals surface area contributed by atoms with E-state index in [0.717, 1.165) is 11.3 Å². The molecule has 0 spiro atoms. The predicted octanol–water partition coefficient (Wildman–Crippen LogP) is 2.30. The largest absolute Gasteiger partial charge is 0.389 e. The Morgan fingerprint density at radius 2 is 1.85 bits per heavy atom. The van der Waals surface area contributed by atoms with Crippen molar-refractivity contribution in [3.8, 4) is 0 Å². The van der Waals surface area contributed by atoms with Crippen LogP contribution in [0.5, 0.6) is 0 Å². The molecule has 0 bridgehead atoms. The maximum absolute atomic E-state index is 12.3. The van der Waals surface area contributed by atoms with Gasteiger partial charge in [-0.15, -0.1) is 0 Å². The van der Waals surface area contributed by atoms with Crippen LogP contribution in [0.4, 0.5) is 5.69 Å². The molecule has 1 aromatic carbocycles. The van der Waals surface area contributed by atoms with Crippen molar-refractivity contribution in [2.24, 2.45) is 5.73 Å². The van der Waals surface area contributed by atoms with Gasteiger partial charge in [-0.2, -0.15) is 0 Å². The third-order valence-corrected chi connectivity index (χ3v) is 3.23. The molecule has 1 heterocycles. The lowest BCUT2D eigenvalue weighted by Gasteiger charge is -2.17. The predicted molar refractivity (Wildman–Crippen MR) is 84.0 cm³/mol. The summed E-state index contributed by atoms with van der Waals surface area (Å²) in [5.74, 6) is -0.177. The number of nitrogens with zero attached hydrogens (tertiary/aromatic N) is 2. The molecule has 1 aromatic heterocycles. The molecule has 0 atom stereocenters. The molecule has 2 aromatic rings. The Labute approximate surface area is 123 Å². The molecular formula is C15H15N3OS. The minimum absolute atomic E-state index is 0.177. The van der Waals surface area contributed by atoms with Gasteiger partial charge in [0.15, 0.2) is 0 Å². The number of aromatic nitrogens is 1. The molecule has 0 unspecified atom stereocenters. The first-order valence-corrected chi connectivity index (χ1v) is 6.50. The number of pyridine rings is 1. The Morgan fingerprint density at radius 1 is 1.20 bits per heavy atom. The molecule has 0 saturated heterocycles. The van der Waals surface area contributed by atoms with Crippen molar-refractivity contribution in [1.29, 1.82) is 0 Å². The molecule has 0 aliphatic heterocycles. The average molecular weight is 285 g/mol. The molecule has 102 valence electrons. The lowest BCUT2D eigenvalue weighted by molar-refractivity contribution is 0.0988. The minimum Gasteiger partial charge on any atom is -0.389 e. The fourth-order valence-corrected chi connectivity index (χ4v) is 1.84. The van der Waals surface area contributed by atoms with Gasteiger partial charge < -0.3 is 10.6 Å².